The van der Waals surface area contributed by atoms with Gasteiger partial charge in [-0.25, -0.2) is 0 Å². The predicted molar refractivity (Wildman–Crippen MR) is 152 cm³/mol. The average molecular weight is 541 g/mol. The number of ether oxygens (including phenoxy) is 2. The average Bonchev–Trinajstić information content (AvgIpc) is 3.55. The molecule has 3 N–H and O–H groups in total. The Labute approximate surface area is 235 Å². The van der Waals surface area contributed by atoms with Gasteiger partial charge >= 0.3 is 0 Å². The third-order valence-corrected chi connectivity index (χ3v) is 12.6. The van der Waals surface area contributed by atoms with Crippen molar-refractivity contribution >= 4 is 0 Å². The van der Waals surface area contributed by atoms with E-state index in [-0.39, 0.29) is 5.41 Å². The zero-order valence-electron chi connectivity index (χ0n) is 24.5. The molecular weight excluding hydrogens is 488 g/mol. The highest BCUT2D eigenvalue weighted by atomic mass is 16.5. The van der Waals surface area contributed by atoms with E-state index < -0.39 is 11.2 Å². The van der Waals surface area contributed by atoms with Crippen LogP contribution in [0.5, 0.6) is 0 Å². The van der Waals surface area contributed by atoms with Gasteiger partial charge in [-0.1, -0.05) is 13.8 Å². The monoisotopic (exact) mass is 540 g/mol. The summed E-state index contributed by atoms with van der Waals surface area (Å²) < 4.78 is 13.3. The summed E-state index contributed by atoms with van der Waals surface area (Å²) in [4.78, 5) is 2.56. The van der Waals surface area contributed by atoms with Crippen LogP contribution in [0.4, 0.5) is 0 Å². The SMILES string of the molecule is C[C@]12CCC3C(CC[C@@H]4C[C@@H](OCCN5CCCC5)CC[C@]34C)[C@@]1(O)CC[C@]2(OCCCN)c1ccnnc1. The third kappa shape index (κ3) is 4.50. The second-order valence-corrected chi connectivity index (χ2v) is 14.1. The Morgan fingerprint density at radius 1 is 1.00 bits per heavy atom. The van der Waals surface area contributed by atoms with Gasteiger partial charge in [0.15, 0.2) is 0 Å². The van der Waals surface area contributed by atoms with Gasteiger partial charge in [0.05, 0.1) is 24.5 Å². The van der Waals surface area contributed by atoms with Crippen molar-refractivity contribution in [3.05, 3.63) is 24.0 Å². The molecule has 2 unspecified atom stereocenters. The van der Waals surface area contributed by atoms with Crippen LogP contribution in [-0.4, -0.2) is 71.3 Å². The molecule has 4 aliphatic carbocycles. The summed E-state index contributed by atoms with van der Waals surface area (Å²) in [6, 6.07) is 2.06. The second-order valence-electron chi connectivity index (χ2n) is 14.1. The number of aromatic nitrogens is 2. The van der Waals surface area contributed by atoms with Crippen molar-refractivity contribution in [1.82, 2.24) is 15.1 Å². The molecule has 6 rings (SSSR count). The van der Waals surface area contributed by atoms with Crippen molar-refractivity contribution in [1.29, 1.82) is 0 Å². The van der Waals surface area contributed by atoms with Gasteiger partial charge < -0.3 is 25.2 Å². The van der Waals surface area contributed by atoms with Gasteiger partial charge in [-0.2, -0.15) is 10.2 Å². The van der Waals surface area contributed by atoms with E-state index >= 15 is 0 Å². The zero-order chi connectivity index (χ0) is 27.1. The third-order valence-electron chi connectivity index (χ3n) is 12.6. The lowest BCUT2D eigenvalue weighted by Gasteiger charge is -2.64. The highest BCUT2D eigenvalue weighted by molar-refractivity contribution is 5.31. The molecule has 0 bridgehead atoms. The summed E-state index contributed by atoms with van der Waals surface area (Å²) in [6.07, 6.45) is 17.2. The van der Waals surface area contributed by atoms with E-state index in [0.29, 0.717) is 42.4 Å². The Morgan fingerprint density at radius 3 is 2.62 bits per heavy atom. The maximum atomic E-state index is 12.8. The van der Waals surface area contributed by atoms with Crippen LogP contribution in [0.3, 0.4) is 0 Å². The fourth-order valence-electron chi connectivity index (χ4n) is 10.3. The predicted octanol–water partition coefficient (Wildman–Crippen LogP) is 4.68. The lowest BCUT2D eigenvalue weighted by Crippen LogP contribution is -2.65. The molecule has 1 aromatic rings. The number of hydrogen-bond acceptors (Lipinski definition) is 7. The highest BCUT2D eigenvalue weighted by Gasteiger charge is 2.73. The molecule has 5 fully saturated rings. The maximum absolute atomic E-state index is 12.8. The van der Waals surface area contributed by atoms with Crippen LogP contribution in [0, 0.1) is 28.6 Å². The van der Waals surface area contributed by atoms with Crippen LogP contribution in [0.15, 0.2) is 18.5 Å². The lowest BCUT2D eigenvalue weighted by atomic mass is 9.42. The number of likely N-dealkylation sites (tertiary alicyclic amines) is 1. The number of rotatable bonds is 9. The summed E-state index contributed by atoms with van der Waals surface area (Å²) >= 11 is 0. The largest absolute Gasteiger partial charge is 0.389 e. The van der Waals surface area contributed by atoms with Gasteiger partial charge in [0, 0.05) is 30.3 Å². The van der Waals surface area contributed by atoms with Crippen LogP contribution in [0.1, 0.15) is 96.5 Å². The van der Waals surface area contributed by atoms with Crippen molar-refractivity contribution in [2.75, 3.05) is 39.4 Å². The summed E-state index contributed by atoms with van der Waals surface area (Å²) in [6.45, 7) is 10.6. The lowest BCUT2D eigenvalue weighted by molar-refractivity contribution is -0.249. The first-order valence-electron chi connectivity index (χ1n) is 16.0. The summed E-state index contributed by atoms with van der Waals surface area (Å²) in [5, 5.41) is 21.1. The molecule has 0 radical (unpaired) electrons. The molecule has 39 heavy (non-hydrogen) atoms. The fraction of sp³-hybridized carbons (Fsp3) is 0.875. The number of aliphatic hydroxyl groups is 1. The molecule has 1 aliphatic heterocycles. The Balaban J connectivity index is 1.19. The normalized spacial score (nSPS) is 44.1. The minimum absolute atomic E-state index is 0.290. The molecule has 218 valence electrons. The quantitative estimate of drug-likeness (QED) is 0.440. The molecule has 5 aliphatic rings. The molecule has 2 heterocycles. The van der Waals surface area contributed by atoms with Crippen LogP contribution in [0.25, 0.3) is 0 Å². The van der Waals surface area contributed by atoms with Crippen molar-refractivity contribution in [3.8, 4) is 0 Å². The van der Waals surface area contributed by atoms with E-state index in [1.807, 2.05) is 6.20 Å². The molecule has 8 atom stereocenters. The van der Waals surface area contributed by atoms with E-state index in [1.165, 1.54) is 51.6 Å². The van der Waals surface area contributed by atoms with Gasteiger partial charge in [0.1, 0.15) is 5.60 Å². The van der Waals surface area contributed by atoms with E-state index in [2.05, 4.69) is 35.0 Å². The fourth-order valence-corrected chi connectivity index (χ4v) is 10.3. The first-order valence-corrected chi connectivity index (χ1v) is 16.0. The molecule has 0 spiro atoms. The number of nitrogens with zero attached hydrogens (tertiary/aromatic N) is 3. The van der Waals surface area contributed by atoms with Crippen molar-refractivity contribution in [2.45, 2.75) is 108 Å². The first-order chi connectivity index (χ1) is 18.9. The Bertz CT molecular complexity index is 975. The molecule has 7 nitrogen and oxygen atoms in total. The topological polar surface area (TPSA) is 93.7 Å². The second kappa shape index (κ2) is 10.9. The molecular formula is C32H52N4O3. The Morgan fingerprint density at radius 2 is 1.85 bits per heavy atom. The molecule has 0 aromatic carbocycles. The summed E-state index contributed by atoms with van der Waals surface area (Å²) in [5.41, 5.74) is 5.56. The van der Waals surface area contributed by atoms with E-state index in [0.717, 1.165) is 57.2 Å². The standard InChI is InChI=1S/C32H52N4O3/c1-29-11-8-26(38-21-19-36-17-3-4-18-36)22-24(29)6-7-28-27(29)9-12-30(2)31(28,37)13-14-32(30,39-20-5-15-33)25-10-16-34-35-23-25/h10,16,23-24,26-28,37H,3-9,11-15,17-22,33H2,1-2H3/t24-,26+,27?,28?,29+,30+,31+,32+/m1/s1. The van der Waals surface area contributed by atoms with Crippen LogP contribution < -0.4 is 5.73 Å². The van der Waals surface area contributed by atoms with Gasteiger partial charge in [0.25, 0.3) is 0 Å². The minimum Gasteiger partial charge on any atom is -0.389 e. The molecule has 1 aromatic heterocycles. The minimum atomic E-state index is -0.737. The number of nitrogens with two attached hydrogens (primary N) is 1. The molecule has 7 heteroatoms. The van der Waals surface area contributed by atoms with Crippen LogP contribution >= 0.6 is 0 Å². The number of fused-ring (bicyclic) bond motifs is 5. The number of hydrogen-bond donors (Lipinski definition) is 2. The van der Waals surface area contributed by atoms with Gasteiger partial charge in [-0.15, -0.1) is 0 Å². The first kappa shape index (κ1) is 28.0. The Hall–Kier alpha value is -1.12. The van der Waals surface area contributed by atoms with Gasteiger partial charge in [-0.05, 0) is 126 Å². The molecule has 1 saturated heterocycles. The van der Waals surface area contributed by atoms with E-state index in [4.69, 9.17) is 15.2 Å². The zero-order valence-corrected chi connectivity index (χ0v) is 24.5. The van der Waals surface area contributed by atoms with Crippen LogP contribution in [-0.2, 0) is 15.1 Å². The summed E-state index contributed by atoms with van der Waals surface area (Å²) in [5.74, 6) is 1.59. The summed E-state index contributed by atoms with van der Waals surface area (Å²) in [7, 11) is 0. The Kier molecular flexibility index (Phi) is 7.86. The van der Waals surface area contributed by atoms with Crippen LogP contribution in [0.2, 0.25) is 0 Å². The van der Waals surface area contributed by atoms with E-state index in [1.54, 1.807) is 6.20 Å². The van der Waals surface area contributed by atoms with E-state index in [9.17, 15) is 5.11 Å². The van der Waals surface area contributed by atoms with Crippen molar-refractivity contribution in [2.24, 2.45) is 34.3 Å². The van der Waals surface area contributed by atoms with Gasteiger partial charge in [0.2, 0.25) is 0 Å². The molecule has 4 saturated carbocycles. The van der Waals surface area contributed by atoms with Crippen molar-refractivity contribution in [3.63, 3.8) is 0 Å². The molecule has 0 amide bonds. The van der Waals surface area contributed by atoms with Gasteiger partial charge in [-0.3, -0.25) is 0 Å². The maximum Gasteiger partial charge on any atom is 0.103 e. The smallest absolute Gasteiger partial charge is 0.103 e. The highest BCUT2D eigenvalue weighted by Crippen LogP contribution is 2.72. The van der Waals surface area contributed by atoms with Crippen molar-refractivity contribution < 1.29 is 14.6 Å².